The molecular weight excluding hydrogens is 367 g/mol. The molecule has 0 bridgehead atoms. The molecule has 27 heavy (non-hydrogen) atoms. The van der Waals surface area contributed by atoms with Crippen LogP contribution in [-0.2, 0) is 10.0 Å². The smallest absolute Gasteiger partial charge is 0.268 e. The minimum atomic E-state index is -3.88. The van der Waals surface area contributed by atoms with Crippen LogP contribution in [0.2, 0.25) is 0 Å². The lowest BCUT2D eigenvalue weighted by Crippen LogP contribution is -2.11. The fourth-order valence-electron chi connectivity index (χ4n) is 2.97. The van der Waals surface area contributed by atoms with E-state index in [9.17, 15) is 12.8 Å². The quantitative estimate of drug-likeness (QED) is 0.533. The average Bonchev–Trinajstić information content (AvgIpc) is 3.08. The third-order valence-corrected chi connectivity index (χ3v) is 5.98. The lowest BCUT2D eigenvalue weighted by Gasteiger charge is -2.07. The van der Waals surface area contributed by atoms with E-state index in [0.29, 0.717) is 22.4 Å². The van der Waals surface area contributed by atoms with E-state index in [1.165, 1.54) is 37.6 Å². The van der Waals surface area contributed by atoms with Crippen LogP contribution < -0.4 is 4.74 Å². The molecular formula is C20H15FN2O3S. The molecule has 0 unspecified atom stereocenters. The van der Waals surface area contributed by atoms with Gasteiger partial charge in [-0.2, -0.15) is 0 Å². The topological polar surface area (TPSA) is 61.2 Å². The number of halogens is 1. The van der Waals surface area contributed by atoms with Crippen LogP contribution in [0.25, 0.3) is 22.0 Å². The van der Waals surface area contributed by atoms with Gasteiger partial charge < -0.3 is 4.74 Å². The van der Waals surface area contributed by atoms with Gasteiger partial charge in [-0.3, -0.25) is 0 Å². The third-order valence-electron chi connectivity index (χ3n) is 4.29. The molecule has 4 rings (SSSR count). The van der Waals surface area contributed by atoms with Crippen LogP contribution >= 0.6 is 0 Å². The summed E-state index contributed by atoms with van der Waals surface area (Å²) in [6, 6.07) is 15.6. The first-order valence-electron chi connectivity index (χ1n) is 8.12. The lowest BCUT2D eigenvalue weighted by molar-refractivity contribution is 0.398. The third kappa shape index (κ3) is 2.96. The van der Waals surface area contributed by atoms with Gasteiger partial charge >= 0.3 is 0 Å². The Morgan fingerprint density at radius 2 is 1.81 bits per heavy atom. The van der Waals surface area contributed by atoms with Crippen LogP contribution in [0.15, 0.2) is 78.0 Å². The number of methoxy groups -OCH3 is 1. The van der Waals surface area contributed by atoms with Crippen LogP contribution in [0, 0.1) is 5.82 Å². The molecule has 2 aromatic heterocycles. The first kappa shape index (κ1) is 17.2. The standard InChI is InChI=1S/C20H15FN2O3S/c1-26-20-10-7-14(12-22-20)18-13-23(19-11-15(21)8-9-17(18)19)27(24,25)16-5-3-2-4-6-16/h2-13H,1H3. The van der Waals surface area contributed by atoms with Crippen molar-refractivity contribution >= 4 is 20.9 Å². The number of pyridine rings is 1. The van der Waals surface area contributed by atoms with Gasteiger partial charge in [0.15, 0.2) is 0 Å². The number of benzene rings is 2. The molecule has 4 aromatic rings. The fraction of sp³-hybridized carbons (Fsp3) is 0.0500. The summed E-state index contributed by atoms with van der Waals surface area (Å²) >= 11 is 0. The normalized spacial score (nSPS) is 11.6. The molecule has 0 fully saturated rings. The Kier molecular flexibility index (Phi) is 4.16. The molecule has 0 atom stereocenters. The predicted molar refractivity (Wildman–Crippen MR) is 101 cm³/mol. The van der Waals surface area contributed by atoms with Gasteiger partial charge in [0, 0.05) is 35.0 Å². The second-order valence-corrected chi connectivity index (χ2v) is 7.72. The Hall–Kier alpha value is -3.19. The second kappa shape index (κ2) is 6.51. The maximum atomic E-state index is 13.9. The molecule has 0 aliphatic rings. The SMILES string of the molecule is COc1ccc(-c2cn(S(=O)(=O)c3ccccc3)c3cc(F)ccc23)cn1. The van der Waals surface area contributed by atoms with Gasteiger partial charge in [-0.15, -0.1) is 0 Å². The highest BCUT2D eigenvalue weighted by molar-refractivity contribution is 7.90. The van der Waals surface area contributed by atoms with E-state index < -0.39 is 15.8 Å². The minimum Gasteiger partial charge on any atom is -0.481 e. The maximum absolute atomic E-state index is 13.9. The second-order valence-electron chi connectivity index (χ2n) is 5.91. The zero-order valence-corrected chi connectivity index (χ0v) is 15.2. The zero-order chi connectivity index (χ0) is 19.0. The van der Waals surface area contributed by atoms with Gasteiger partial charge in [0.2, 0.25) is 5.88 Å². The molecule has 0 aliphatic heterocycles. The van der Waals surface area contributed by atoms with Gasteiger partial charge in [0.25, 0.3) is 10.0 Å². The molecule has 7 heteroatoms. The Bertz CT molecular complexity index is 1220. The highest BCUT2D eigenvalue weighted by Crippen LogP contribution is 2.33. The summed E-state index contributed by atoms with van der Waals surface area (Å²) in [6.07, 6.45) is 3.09. The van der Waals surface area contributed by atoms with Crippen molar-refractivity contribution in [1.82, 2.24) is 8.96 Å². The molecule has 0 N–H and O–H groups in total. The summed E-state index contributed by atoms with van der Waals surface area (Å²) in [5.41, 5.74) is 1.61. The van der Waals surface area contributed by atoms with Crippen LogP contribution in [0.4, 0.5) is 4.39 Å². The number of hydrogen-bond acceptors (Lipinski definition) is 4. The minimum absolute atomic E-state index is 0.130. The number of nitrogens with zero attached hydrogens (tertiary/aromatic N) is 2. The lowest BCUT2D eigenvalue weighted by atomic mass is 10.1. The Labute approximate surface area is 155 Å². The number of ether oxygens (including phenoxy) is 1. The van der Waals surface area contributed by atoms with Crippen molar-refractivity contribution < 1.29 is 17.5 Å². The van der Waals surface area contributed by atoms with Gasteiger partial charge in [0.05, 0.1) is 17.5 Å². The summed E-state index contributed by atoms with van der Waals surface area (Å²) < 4.78 is 46.3. The van der Waals surface area contributed by atoms with E-state index in [1.807, 2.05) is 0 Å². The van der Waals surface area contributed by atoms with Crippen LogP contribution in [0.1, 0.15) is 0 Å². The van der Waals surface area contributed by atoms with Crippen molar-refractivity contribution in [1.29, 1.82) is 0 Å². The van der Waals surface area contributed by atoms with Crippen LogP contribution in [-0.4, -0.2) is 24.5 Å². The fourth-order valence-corrected chi connectivity index (χ4v) is 4.35. The molecule has 0 saturated heterocycles. The predicted octanol–water partition coefficient (Wildman–Crippen LogP) is 4.09. The van der Waals surface area contributed by atoms with Crippen molar-refractivity contribution in [3.63, 3.8) is 0 Å². The Balaban J connectivity index is 1.98. The van der Waals surface area contributed by atoms with Gasteiger partial charge in [-0.05, 0) is 36.4 Å². The van der Waals surface area contributed by atoms with E-state index in [1.54, 1.807) is 42.6 Å². The number of fused-ring (bicyclic) bond motifs is 1. The number of rotatable bonds is 4. The molecule has 0 amide bonds. The van der Waals surface area contributed by atoms with Crippen LogP contribution in [0.3, 0.4) is 0 Å². The van der Waals surface area contributed by atoms with E-state index in [4.69, 9.17) is 4.74 Å². The molecule has 0 saturated carbocycles. The Morgan fingerprint density at radius 3 is 2.48 bits per heavy atom. The molecule has 2 heterocycles. The maximum Gasteiger partial charge on any atom is 0.268 e. The molecule has 5 nitrogen and oxygen atoms in total. The van der Waals surface area contributed by atoms with Gasteiger partial charge in [-0.1, -0.05) is 18.2 Å². The van der Waals surface area contributed by atoms with Gasteiger partial charge in [-0.25, -0.2) is 21.8 Å². The molecule has 0 radical (unpaired) electrons. The van der Waals surface area contributed by atoms with Crippen molar-refractivity contribution in [2.24, 2.45) is 0 Å². The highest BCUT2D eigenvalue weighted by Gasteiger charge is 2.22. The summed E-state index contributed by atoms with van der Waals surface area (Å²) in [6.45, 7) is 0. The van der Waals surface area contributed by atoms with Crippen molar-refractivity contribution in [2.45, 2.75) is 4.90 Å². The Morgan fingerprint density at radius 1 is 1.04 bits per heavy atom. The van der Waals surface area contributed by atoms with Crippen molar-refractivity contribution in [3.05, 3.63) is 78.9 Å². The van der Waals surface area contributed by atoms with E-state index in [0.717, 1.165) is 3.97 Å². The summed E-state index contributed by atoms with van der Waals surface area (Å²) in [5.74, 6) is -0.0602. The van der Waals surface area contributed by atoms with Crippen molar-refractivity contribution in [2.75, 3.05) is 7.11 Å². The number of hydrogen-bond donors (Lipinski definition) is 0. The monoisotopic (exact) mass is 382 g/mol. The number of aromatic nitrogens is 2. The molecule has 136 valence electrons. The summed E-state index contributed by atoms with van der Waals surface area (Å²) in [7, 11) is -2.36. The van der Waals surface area contributed by atoms with Gasteiger partial charge in [0.1, 0.15) is 5.82 Å². The van der Waals surface area contributed by atoms with E-state index in [2.05, 4.69) is 4.98 Å². The summed E-state index contributed by atoms with van der Waals surface area (Å²) in [5, 5.41) is 0.614. The average molecular weight is 382 g/mol. The molecule has 0 aliphatic carbocycles. The zero-order valence-electron chi connectivity index (χ0n) is 14.3. The van der Waals surface area contributed by atoms with Crippen molar-refractivity contribution in [3.8, 4) is 17.0 Å². The first-order chi connectivity index (χ1) is 13.0. The molecule has 2 aromatic carbocycles. The van der Waals surface area contributed by atoms with E-state index in [-0.39, 0.29) is 10.4 Å². The van der Waals surface area contributed by atoms with E-state index >= 15 is 0 Å². The summed E-state index contributed by atoms with van der Waals surface area (Å²) in [4.78, 5) is 4.30. The van der Waals surface area contributed by atoms with Crippen LogP contribution in [0.5, 0.6) is 5.88 Å². The highest BCUT2D eigenvalue weighted by atomic mass is 32.2. The molecule has 0 spiro atoms. The largest absolute Gasteiger partial charge is 0.481 e. The first-order valence-corrected chi connectivity index (χ1v) is 9.56.